The summed E-state index contributed by atoms with van der Waals surface area (Å²) in [6.45, 7) is 9.05. The van der Waals surface area contributed by atoms with Crippen molar-refractivity contribution in [3.05, 3.63) is 124 Å². The summed E-state index contributed by atoms with van der Waals surface area (Å²) in [5.41, 5.74) is 7.57. The lowest BCUT2D eigenvalue weighted by molar-refractivity contribution is 0.173. The van der Waals surface area contributed by atoms with Gasteiger partial charge in [-0.25, -0.2) is 4.98 Å². The number of hydrogen-bond donors (Lipinski definition) is 1. The number of pyridine rings is 1. The number of β-amino-alcohol motifs (C(OH)–C–C–N with tert-alkyl or cyclic N) is 1. The molecule has 1 aliphatic rings. The van der Waals surface area contributed by atoms with Gasteiger partial charge in [0.1, 0.15) is 42.3 Å². The lowest BCUT2D eigenvalue weighted by Crippen LogP contribution is -2.24. The van der Waals surface area contributed by atoms with E-state index in [0.717, 1.165) is 82.9 Å². The summed E-state index contributed by atoms with van der Waals surface area (Å²) >= 11 is 6.85. The molecule has 0 bridgehead atoms. The van der Waals surface area contributed by atoms with Gasteiger partial charge in [-0.1, -0.05) is 41.9 Å². The SMILES string of the molecule is Cc1c(COc2cc(OCc3cncc(C#N)c3)c(CN(C)Cc3cnco3)cc2Cl)cccc1-c1cccc(OCCCN2CC[C@@H](O)C2)c1C. The van der Waals surface area contributed by atoms with E-state index in [-0.39, 0.29) is 12.7 Å². The Morgan fingerprint density at radius 2 is 1.73 bits per heavy atom. The van der Waals surface area contributed by atoms with Gasteiger partial charge in [0, 0.05) is 55.8 Å². The Labute approximate surface area is 310 Å². The molecule has 1 fully saturated rings. The van der Waals surface area contributed by atoms with E-state index in [9.17, 15) is 10.4 Å². The Morgan fingerprint density at radius 3 is 2.50 bits per heavy atom. The van der Waals surface area contributed by atoms with Gasteiger partial charge in [0.15, 0.2) is 6.39 Å². The highest BCUT2D eigenvalue weighted by Crippen LogP contribution is 2.37. The van der Waals surface area contributed by atoms with Crippen LogP contribution in [0.2, 0.25) is 5.02 Å². The van der Waals surface area contributed by atoms with Gasteiger partial charge in [0.25, 0.3) is 0 Å². The molecule has 0 aliphatic carbocycles. The maximum atomic E-state index is 9.80. The smallest absolute Gasteiger partial charge is 0.180 e. The quantitative estimate of drug-likeness (QED) is 0.103. The zero-order valence-electron chi connectivity index (χ0n) is 29.8. The highest BCUT2D eigenvalue weighted by Gasteiger charge is 2.20. The number of ether oxygens (including phenoxy) is 3. The molecule has 1 aliphatic heterocycles. The van der Waals surface area contributed by atoms with Crippen molar-refractivity contribution < 1.29 is 23.7 Å². The summed E-state index contributed by atoms with van der Waals surface area (Å²) in [6, 6.07) is 20.0. The average Bonchev–Trinajstić information content (AvgIpc) is 3.82. The predicted molar refractivity (Wildman–Crippen MR) is 199 cm³/mol. The van der Waals surface area contributed by atoms with Crippen molar-refractivity contribution in [3.8, 4) is 34.4 Å². The van der Waals surface area contributed by atoms with Crippen molar-refractivity contribution in [2.45, 2.75) is 59.1 Å². The van der Waals surface area contributed by atoms with Crippen molar-refractivity contribution in [3.63, 3.8) is 0 Å². The van der Waals surface area contributed by atoms with Crippen LogP contribution in [-0.2, 0) is 26.3 Å². The summed E-state index contributed by atoms with van der Waals surface area (Å²) in [5.74, 6) is 2.74. The second kappa shape index (κ2) is 17.5. The summed E-state index contributed by atoms with van der Waals surface area (Å²) in [5, 5.41) is 19.6. The van der Waals surface area contributed by atoms with Crippen LogP contribution in [0.3, 0.4) is 0 Å². The van der Waals surface area contributed by atoms with Crippen LogP contribution in [0.4, 0.5) is 0 Å². The van der Waals surface area contributed by atoms with Crippen LogP contribution in [0.25, 0.3) is 11.1 Å². The van der Waals surface area contributed by atoms with Crippen LogP contribution < -0.4 is 14.2 Å². The number of benzene rings is 3. The third kappa shape index (κ3) is 9.49. The maximum absolute atomic E-state index is 9.80. The normalized spacial score (nSPS) is 14.4. The Morgan fingerprint density at radius 1 is 0.923 bits per heavy atom. The Bertz CT molecular complexity index is 2000. The molecule has 270 valence electrons. The van der Waals surface area contributed by atoms with Crippen LogP contribution in [0.1, 0.15) is 52.0 Å². The van der Waals surface area contributed by atoms with Crippen molar-refractivity contribution in [2.75, 3.05) is 33.3 Å². The fourth-order valence-corrected chi connectivity index (χ4v) is 6.74. The summed E-state index contributed by atoms with van der Waals surface area (Å²) in [6.07, 6.45) is 7.87. The van der Waals surface area contributed by atoms with Gasteiger partial charge in [-0.15, -0.1) is 0 Å². The average molecular weight is 722 g/mol. The Kier molecular flexibility index (Phi) is 12.4. The number of hydrogen-bond acceptors (Lipinski definition) is 10. The second-order valence-corrected chi connectivity index (χ2v) is 13.7. The first-order valence-electron chi connectivity index (χ1n) is 17.5. The number of aliphatic hydroxyl groups excluding tert-OH is 1. The third-order valence-corrected chi connectivity index (χ3v) is 9.61. The molecule has 3 aromatic carbocycles. The van der Waals surface area contributed by atoms with E-state index in [1.807, 2.05) is 37.4 Å². The number of nitrogens with zero attached hydrogens (tertiary/aromatic N) is 5. The van der Waals surface area contributed by atoms with Crippen LogP contribution >= 0.6 is 11.6 Å². The van der Waals surface area contributed by atoms with Crippen LogP contribution in [0.15, 0.2) is 84.0 Å². The molecule has 0 saturated carbocycles. The summed E-state index contributed by atoms with van der Waals surface area (Å²) in [4.78, 5) is 12.5. The van der Waals surface area contributed by atoms with Gasteiger partial charge >= 0.3 is 0 Å². The second-order valence-electron chi connectivity index (χ2n) is 13.3. The van der Waals surface area contributed by atoms with Crippen molar-refractivity contribution in [1.82, 2.24) is 19.8 Å². The number of likely N-dealkylation sites (tertiary alicyclic amines) is 1. The summed E-state index contributed by atoms with van der Waals surface area (Å²) < 4.78 is 24.4. The number of rotatable bonds is 16. The minimum atomic E-state index is -0.203. The molecule has 1 saturated heterocycles. The molecule has 0 amide bonds. The van der Waals surface area contributed by atoms with E-state index in [0.29, 0.717) is 48.4 Å². The van der Waals surface area contributed by atoms with Crippen molar-refractivity contribution >= 4 is 11.6 Å². The molecular weight excluding hydrogens is 678 g/mol. The predicted octanol–water partition coefficient (Wildman–Crippen LogP) is 7.50. The fourth-order valence-electron chi connectivity index (χ4n) is 6.50. The first-order chi connectivity index (χ1) is 25.3. The molecule has 0 spiro atoms. The molecule has 5 aromatic rings. The Hall–Kier alpha value is -4.92. The molecule has 1 N–H and O–H groups in total. The molecule has 3 heterocycles. The molecule has 0 unspecified atom stereocenters. The molecule has 10 nitrogen and oxygen atoms in total. The zero-order valence-corrected chi connectivity index (χ0v) is 30.6. The zero-order chi connectivity index (χ0) is 36.5. The Balaban J connectivity index is 1.16. The lowest BCUT2D eigenvalue weighted by Gasteiger charge is -2.20. The minimum Gasteiger partial charge on any atom is -0.493 e. The number of oxazole rings is 1. The first-order valence-corrected chi connectivity index (χ1v) is 17.8. The highest BCUT2D eigenvalue weighted by molar-refractivity contribution is 6.32. The van der Waals surface area contributed by atoms with Gasteiger partial charge in [-0.2, -0.15) is 5.26 Å². The number of nitriles is 1. The summed E-state index contributed by atoms with van der Waals surface area (Å²) in [7, 11) is 1.98. The van der Waals surface area contributed by atoms with Gasteiger partial charge < -0.3 is 28.6 Å². The monoisotopic (exact) mass is 721 g/mol. The van der Waals surface area contributed by atoms with Crippen molar-refractivity contribution in [2.24, 2.45) is 0 Å². The van der Waals surface area contributed by atoms with Crippen molar-refractivity contribution in [1.29, 1.82) is 5.26 Å². The van der Waals surface area contributed by atoms with Crippen LogP contribution in [-0.4, -0.2) is 64.3 Å². The fraction of sp³-hybridized carbons (Fsp3) is 0.341. The topological polar surface area (TPSA) is 117 Å². The first kappa shape index (κ1) is 36.9. The molecular formula is C41H44ClN5O5. The molecule has 52 heavy (non-hydrogen) atoms. The number of aromatic nitrogens is 2. The maximum Gasteiger partial charge on any atom is 0.180 e. The van der Waals surface area contributed by atoms with Gasteiger partial charge in [-0.3, -0.25) is 9.88 Å². The molecule has 6 rings (SSSR count). The molecule has 11 heteroatoms. The highest BCUT2D eigenvalue weighted by atomic mass is 35.5. The van der Waals surface area contributed by atoms with E-state index < -0.39 is 0 Å². The molecule has 1 atom stereocenters. The van der Waals surface area contributed by atoms with E-state index in [4.69, 9.17) is 30.2 Å². The standard InChI is InChI=1S/C41H44ClN5O5/c1-28-32(7-4-8-36(28)37-9-5-10-39(29(37)2)49-14-6-12-47-13-11-34(48)23-47)26-51-41-17-40(50-25-31-15-30(18-43)19-44-20-31)33(16-38(41)42)22-46(3)24-35-21-45-27-52-35/h4-5,7-10,15-17,19-21,27,34,48H,6,11-14,22-26H2,1-3H3/t34-/m1/s1. The number of aliphatic hydroxyl groups is 1. The van der Waals surface area contributed by atoms with E-state index >= 15 is 0 Å². The largest absolute Gasteiger partial charge is 0.493 e. The minimum absolute atomic E-state index is 0.203. The van der Waals surface area contributed by atoms with E-state index in [1.54, 1.807) is 18.5 Å². The van der Waals surface area contributed by atoms with Gasteiger partial charge in [-0.05, 0) is 79.8 Å². The van der Waals surface area contributed by atoms with Gasteiger partial charge in [0.2, 0.25) is 0 Å². The molecule has 2 aromatic heterocycles. The van der Waals surface area contributed by atoms with Crippen LogP contribution in [0, 0.1) is 25.2 Å². The molecule has 0 radical (unpaired) electrons. The lowest BCUT2D eigenvalue weighted by atomic mass is 9.93. The van der Waals surface area contributed by atoms with E-state index in [2.05, 4.69) is 57.9 Å². The third-order valence-electron chi connectivity index (χ3n) is 9.31. The van der Waals surface area contributed by atoms with E-state index in [1.165, 1.54) is 12.6 Å². The van der Waals surface area contributed by atoms with Crippen LogP contribution in [0.5, 0.6) is 17.2 Å². The number of halogens is 1. The van der Waals surface area contributed by atoms with Gasteiger partial charge in [0.05, 0.1) is 36.0 Å².